The number of nitrogen functional groups attached to an aromatic ring is 1. The highest BCUT2D eigenvalue weighted by Gasteiger charge is 2.11. The molecule has 150 valence electrons. The smallest absolute Gasteiger partial charge is 0.273 e. The van der Waals surface area contributed by atoms with Crippen molar-refractivity contribution >= 4 is 23.6 Å². The molecule has 0 aliphatic heterocycles. The number of nitrogens with two attached hydrogens (primary N) is 1. The van der Waals surface area contributed by atoms with Crippen LogP contribution in [0, 0.1) is 6.92 Å². The molecule has 0 amide bonds. The average molecular weight is 418 g/mol. The van der Waals surface area contributed by atoms with Crippen LogP contribution < -0.4 is 11.3 Å². The summed E-state index contributed by atoms with van der Waals surface area (Å²) >= 11 is 6.31. The highest BCUT2D eigenvalue weighted by Crippen LogP contribution is 2.22. The van der Waals surface area contributed by atoms with Crippen LogP contribution in [0.1, 0.15) is 16.7 Å². The van der Waals surface area contributed by atoms with Crippen LogP contribution in [0.2, 0.25) is 5.02 Å². The van der Waals surface area contributed by atoms with Crippen molar-refractivity contribution in [3.05, 3.63) is 105 Å². The number of aromatic nitrogens is 3. The van der Waals surface area contributed by atoms with E-state index in [1.165, 1.54) is 10.7 Å². The van der Waals surface area contributed by atoms with Crippen LogP contribution in [0.3, 0.4) is 0 Å². The van der Waals surface area contributed by atoms with Crippen LogP contribution in [0.4, 0.5) is 5.82 Å². The van der Waals surface area contributed by atoms with Crippen LogP contribution in [-0.4, -0.2) is 20.7 Å². The minimum absolute atomic E-state index is 0.279. The molecule has 0 saturated heterocycles. The molecule has 7 heteroatoms. The molecule has 2 aromatic carbocycles. The molecule has 0 spiro atoms. The van der Waals surface area contributed by atoms with Crippen molar-refractivity contribution in [1.29, 1.82) is 0 Å². The Morgan fingerprint density at radius 2 is 1.83 bits per heavy atom. The molecule has 0 aliphatic carbocycles. The Labute approximate surface area is 178 Å². The lowest BCUT2D eigenvalue weighted by molar-refractivity contribution is 0.689. The first kappa shape index (κ1) is 19.7. The van der Waals surface area contributed by atoms with Crippen molar-refractivity contribution in [2.45, 2.75) is 13.5 Å². The van der Waals surface area contributed by atoms with E-state index in [2.05, 4.69) is 5.10 Å². The van der Waals surface area contributed by atoms with Gasteiger partial charge in [0.2, 0.25) is 0 Å². The molecule has 4 rings (SSSR count). The molecule has 0 unspecified atom stereocenters. The van der Waals surface area contributed by atoms with Crippen molar-refractivity contribution in [3.8, 4) is 11.3 Å². The van der Waals surface area contributed by atoms with Crippen molar-refractivity contribution in [2.24, 2.45) is 5.10 Å². The number of rotatable bonds is 5. The third kappa shape index (κ3) is 4.18. The van der Waals surface area contributed by atoms with Gasteiger partial charge in [0.15, 0.2) is 0 Å². The van der Waals surface area contributed by atoms with Crippen molar-refractivity contribution in [3.63, 3.8) is 0 Å². The molecular weight excluding hydrogens is 398 g/mol. The minimum Gasteiger partial charge on any atom is -0.384 e. The number of pyridine rings is 1. The van der Waals surface area contributed by atoms with Crippen LogP contribution in [0.15, 0.2) is 82.8 Å². The van der Waals surface area contributed by atoms with Crippen LogP contribution in [-0.2, 0) is 6.54 Å². The molecule has 30 heavy (non-hydrogen) atoms. The summed E-state index contributed by atoms with van der Waals surface area (Å²) in [6, 6.07) is 20.7. The van der Waals surface area contributed by atoms with Crippen LogP contribution in [0.25, 0.3) is 11.3 Å². The fraction of sp³-hybridized carbons (Fsp3) is 0.0870. The summed E-state index contributed by atoms with van der Waals surface area (Å²) in [7, 11) is 0. The number of aryl methyl sites for hydroxylation is 1. The first-order chi connectivity index (χ1) is 14.5. The zero-order valence-corrected chi connectivity index (χ0v) is 17.1. The lowest BCUT2D eigenvalue weighted by Crippen LogP contribution is -2.19. The Morgan fingerprint density at radius 1 is 1.10 bits per heavy atom. The number of hydrogen-bond donors (Lipinski definition) is 1. The molecule has 0 radical (unpaired) electrons. The van der Waals surface area contributed by atoms with E-state index < -0.39 is 0 Å². The van der Waals surface area contributed by atoms with E-state index in [0.717, 1.165) is 27.9 Å². The van der Waals surface area contributed by atoms with Gasteiger partial charge in [-0.05, 0) is 30.2 Å². The number of nitrogens with zero attached hydrogens (tertiary/aromatic N) is 4. The number of halogens is 1. The summed E-state index contributed by atoms with van der Waals surface area (Å²) in [5.41, 5.74) is 9.91. The topological polar surface area (TPSA) is 78.2 Å². The molecule has 0 bridgehead atoms. The van der Waals surface area contributed by atoms with Gasteiger partial charge in [0.05, 0.1) is 12.8 Å². The van der Waals surface area contributed by atoms with Gasteiger partial charge < -0.3 is 5.73 Å². The predicted molar refractivity (Wildman–Crippen MR) is 121 cm³/mol. The van der Waals surface area contributed by atoms with Crippen LogP contribution >= 0.6 is 11.6 Å². The van der Waals surface area contributed by atoms with Crippen molar-refractivity contribution in [1.82, 2.24) is 14.5 Å². The maximum Gasteiger partial charge on any atom is 0.273 e. The summed E-state index contributed by atoms with van der Waals surface area (Å²) in [4.78, 5) is 12.3. The Balaban J connectivity index is 1.75. The van der Waals surface area contributed by atoms with Gasteiger partial charge >= 0.3 is 0 Å². The monoisotopic (exact) mass is 417 g/mol. The SMILES string of the molecule is Cc1cc(N)n(/N=C\c2cn(Cc3ccccc3Cl)nc2-c2ccccc2)c(=O)c1. The Hall–Kier alpha value is -3.64. The number of anilines is 1. The molecular formula is C23H20ClN5O. The Kier molecular flexibility index (Phi) is 5.50. The lowest BCUT2D eigenvalue weighted by Gasteiger charge is -2.04. The standard InChI is InChI=1S/C23H20ClN5O/c1-16-11-21(25)29(22(30)12-16)26-13-19-15-28(14-18-9-5-6-10-20(18)24)27-23(19)17-7-3-2-4-8-17/h2-13,15H,14,25H2,1H3/b26-13-. The second-order valence-electron chi connectivity index (χ2n) is 6.94. The summed E-state index contributed by atoms with van der Waals surface area (Å²) in [5, 5.41) is 9.74. The third-order valence-corrected chi connectivity index (χ3v) is 4.99. The maximum atomic E-state index is 12.3. The molecule has 6 nitrogen and oxygen atoms in total. The summed E-state index contributed by atoms with van der Waals surface area (Å²) in [5.74, 6) is 0.279. The molecule has 0 atom stereocenters. The third-order valence-electron chi connectivity index (χ3n) is 4.62. The summed E-state index contributed by atoms with van der Waals surface area (Å²) < 4.78 is 2.99. The van der Waals surface area contributed by atoms with Gasteiger partial charge in [-0.25, -0.2) is 0 Å². The Bertz CT molecular complexity index is 1270. The van der Waals surface area contributed by atoms with E-state index >= 15 is 0 Å². The lowest BCUT2D eigenvalue weighted by atomic mass is 10.1. The van der Waals surface area contributed by atoms with Gasteiger partial charge in [-0.1, -0.05) is 60.1 Å². The Morgan fingerprint density at radius 3 is 2.57 bits per heavy atom. The zero-order valence-electron chi connectivity index (χ0n) is 16.4. The van der Waals surface area contributed by atoms with E-state index in [-0.39, 0.29) is 11.4 Å². The second-order valence-corrected chi connectivity index (χ2v) is 7.35. The molecule has 2 N–H and O–H groups in total. The fourth-order valence-electron chi connectivity index (χ4n) is 3.20. The average Bonchev–Trinajstić information content (AvgIpc) is 3.12. The molecule has 2 heterocycles. The van der Waals surface area contributed by atoms with Gasteiger partial charge in [-0.15, -0.1) is 0 Å². The van der Waals surface area contributed by atoms with Gasteiger partial charge in [0.25, 0.3) is 5.56 Å². The van der Waals surface area contributed by atoms with Gasteiger partial charge in [-0.2, -0.15) is 14.9 Å². The predicted octanol–water partition coefficient (Wildman–Crippen LogP) is 4.19. The number of hydrogen-bond acceptors (Lipinski definition) is 4. The minimum atomic E-state index is -0.284. The molecule has 0 fully saturated rings. The van der Waals surface area contributed by atoms with Gasteiger partial charge in [-0.3, -0.25) is 9.48 Å². The van der Waals surface area contributed by atoms with E-state index in [4.69, 9.17) is 22.4 Å². The maximum absolute atomic E-state index is 12.3. The molecule has 4 aromatic rings. The fourth-order valence-corrected chi connectivity index (χ4v) is 3.39. The molecule has 0 aliphatic rings. The quantitative estimate of drug-likeness (QED) is 0.494. The first-order valence-electron chi connectivity index (χ1n) is 9.41. The largest absolute Gasteiger partial charge is 0.384 e. The van der Waals surface area contributed by atoms with Gasteiger partial charge in [0.1, 0.15) is 11.5 Å². The van der Waals surface area contributed by atoms with Crippen molar-refractivity contribution in [2.75, 3.05) is 5.73 Å². The highest BCUT2D eigenvalue weighted by molar-refractivity contribution is 6.31. The molecule has 0 saturated carbocycles. The van der Waals surface area contributed by atoms with E-state index in [1.54, 1.807) is 12.3 Å². The van der Waals surface area contributed by atoms with E-state index in [9.17, 15) is 4.79 Å². The van der Waals surface area contributed by atoms with E-state index in [0.29, 0.717) is 11.6 Å². The summed E-state index contributed by atoms with van der Waals surface area (Å²) in [6.45, 7) is 2.33. The van der Waals surface area contributed by atoms with Crippen molar-refractivity contribution < 1.29 is 0 Å². The number of benzene rings is 2. The van der Waals surface area contributed by atoms with E-state index in [1.807, 2.05) is 72.4 Å². The summed E-state index contributed by atoms with van der Waals surface area (Å²) in [6.07, 6.45) is 3.48. The zero-order chi connectivity index (χ0) is 21.1. The molecule has 2 aromatic heterocycles. The van der Waals surface area contributed by atoms with Crippen LogP contribution in [0.5, 0.6) is 0 Å². The first-order valence-corrected chi connectivity index (χ1v) is 9.79. The second kappa shape index (κ2) is 8.39. The normalized spacial score (nSPS) is 11.3. The highest BCUT2D eigenvalue weighted by atomic mass is 35.5. The van der Waals surface area contributed by atoms with Gasteiger partial charge in [0, 0.05) is 28.4 Å².